The Morgan fingerprint density at radius 1 is 0.885 bits per heavy atom. The highest BCUT2D eigenvalue weighted by molar-refractivity contribution is 5.95. The molecule has 0 unspecified atom stereocenters. The Labute approximate surface area is 153 Å². The van der Waals surface area contributed by atoms with Crippen LogP contribution in [0.4, 0.5) is 0 Å². The van der Waals surface area contributed by atoms with Crippen LogP contribution in [0.3, 0.4) is 0 Å². The highest BCUT2D eigenvalue weighted by Gasteiger charge is 2.26. The summed E-state index contributed by atoms with van der Waals surface area (Å²) in [6.45, 7) is 8.15. The van der Waals surface area contributed by atoms with Crippen molar-refractivity contribution in [3.8, 4) is 0 Å². The van der Waals surface area contributed by atoms with Crippen molar-refractivity contribution in [2.45, 2.75) is 26.7 Å². The van der Waals surface area contributed by atoms with Gasteiger partial charge < -0.3 is 9.80 Å². The minimum atomic E-state index is -0.133. The lowest BCUT2D eigenvalue weighted by molar-refractivity contribution is 0.0532. The van der Waals surface area contributed by atoms with E-state index in [1.165, 1.54) is 11.8 Å². The van der Waals surface area contributed by atoms with E-state index < -0.39 is 0 Å². The fourth-order valence-corrected chi connectivity index (χ4v) is 2.97. The molecule has 0 aliphatic carbocycles. The molecule has 6 heteroatoms. The summed E-state index contributed by atoms with van der Waals surface area (Å²) in [5.41, 5.74) is 3.04. The molecule has 0 spiro atoms. The van der Waals surface area contributed by atoms with E-state index in [-0.39, 0.29) is 11.8 Å². The van der Waals surface area contributed by atoms with Crippen LogP contribution < -0.4 is 0 Å². The Morgan fingerprint density at radius 2 is 1.46 bits per heavy atom. The van der Waals surface area contributed by atoms with Crippen molar-refractivity contribution in [3.05, 3.63) is 59.2 Å². The third kappa shape index (κ3) is 3.90. The maximum atomic E-state index is 12.7. The van der Waals surface area contributed by atoms with Crippen LogP contribution in [-0.4, -0.2) is 57.8 Å². The quantitative estimate of drug-likeness (QED) is 0.851. The molecular formula is C20H24N4O2. The van der Waals surface area contributed by atoms with E-state index in [2.05, 4.69) is 23.8 Å². The van der Waals surface area contributed by atoms with Crippen LogP contribution in [0.5, 0.6) is 0 Å². The molecule has 1 fully saturated rings. The summed E-state index contributed by atoms with van der Waals surface area (Å²) in [4.78, 5) is 36.9. The number of benzene rings is 1. The summed E-state index contributed by atoms with van der Waals surface area (Å²) in [5.74, 6) is 0.326. The number of carbonyl (C=O) groups excluding carboxylic acids is 2. The molecule has 3 rings (SSSR count). The molecule has 0 N–H and O–H groups in total. The van der Waals surface area contributed by atoms with E-state index in [9.17, 15) is 9.59 Å². The number of piperazine rings is 1. The van der Waals surface area contributed by atoms with Gasteiger partial charge in [-0.15, -0.1) is 0 Å². The van der Waals surface area contributed by atoms with Crippen molar-refractivity contribution in [2.24, 2.45) is 0 Å². The topological polar surface area (TPSA) is 66.4 Å². The number of rotatable bonds is 3. The molecule has 2 aromatic rings. The van der Waals surface area contributed by atoms with Gasteiger partial charge in [-0.25, -0.2) is 4.98 Å². The first-order valence-electron chi connectivity index (χ1n) is 8.93. The first kappa shape index (κ1) is 18.0. The monoisotopic (exact) mass is 352 g/mol. The van der Waals surface area contributed by atoms with Gasteiger partial charge in [-0.2, -0.15) is 0 Å². The summed E-state index contributed by atoms with van der Waals surface area (Å²) < 4.78 is 0. The Bertz CT molecular complexity index is 776. The molecule has 1 aliphatic rings. The summed E-state index contributed by atoms with van der Waals surface area (Å²) in [7, 11) is 0. The number of aromatic nitrogens is 2. The minimum absolute atomic E-state index is 0.0162. The Morgan fingerprint density at radius 3 is 1.96 bits per heavy atom. The second-order valence-electron chi connectivity index (χ2n) is 6.90. The van der Waals surface area contributed by atoms with Crippen molar-refractivity contribution in [1.82, 2.24) is 19.8 Å². The van der Waals surface area contributed by atoms with E-state index >= 15 is 0 Å². The SMILES string of the molecule is Cc1cnc(C(=O)N2CCN(C(=O)c3ccc(C(C)C)cc3)CC2)cn1. The van der Waals surface area contributed by atoms with Gasteiger partial charge in [-0.3, -0.25) is 14.6 Å². The molecular weight excluding hydrogens is 328 g/mol. The fraction of sp³-hybridized carbons (Fsp3) is 0.400. The molecule has 1 saturated heterocycles. The zero-order valence-electron chi connectivity index (χ0n) is 15.5. The summed E-state index contributed by atoms with van der Waals surface area (Å²) >= 11 is 0. The molecule has 2 amide bonds. The maximum absolute atomic E-state index is 12.7. The van der Waals surface area contributed by atoms with Crippen LogP contribution in [-0.2, 0) is 0 Å². The van der Waals surface area contributed by atoms with Gasteiger partial charge >= 0.3 is 0 Å². The average molecular weight is 352 g/mol. The highest BCUT2D eigenvalue weighted by Crippen LogP contribution is 2.16. The second kappa shape index (κ2) is 7.64. The number of hydrogen-bond acceptors (Lipinski definition) is 4. The van der Waals surface area contributed by atoms with E-state index in [1.54, 1.807) is 16.0 Å². The van der Waals surface area contributed by atoms with Gasteiger partial charge in [0, 0.05) is 37.9 Å². The zero-order valence-corrected chi connectivity index (χ0v) is 15.5. The smallest absolute Gasteiger partial charge is 0.274 e. The van der Waals surface area contributed by atoms with Crippen molar-refractivity contribution in [2.75, 3.05) is 26.2 Å². The van der Waals surface area contributed by atoms with Gasteiger partial charge in [-0.05, 0) is 30.5 Å². The van der Waals surface area contributed by atoms with Crippen LogP contribution in [0.1, 0.15) is 51.9 Å². The third-order valence-electron chi connectivity index (χ3n) is 4.68. The normalized spacial score (nSPS) is 14.6. The van der Waals surface area contributed by atoms with Crippen LogP contribution in [0.15, 0.2) is 36.7 Å². The molecule has 0 saturated carbocycles. The summed E-state index contributed by atoms with van der Waals surface area (Å²) in [6, 6.07) is 7.79. The Kier molecular flexibility index (Phi) is 5.30. The second-order valence-corrected chi connectivity index (χ2v) is 6.90. The number of carbonyl (C=O) groups is 2. The molecule has 1 aliphatic heterocycles. The van der Waals surface area contributed by atoms with Gasteiger partial charge in [-0.1, -0.05) is 26.0 Å². The van der Waals surface area contributed by atoms with E-state index in [4.69, 9.17) is 0 Å². The molecule has 0 radical (unpaired) electrons. The van der Waals surface area contributed by atoms with E-state index in [1.807, 2.05) is 31.2 Å². The highest BCUT2D eigenvalue weighted by atomic mass is 16.2. The maximum Gasteiger partial charge on any atom is 0.274 e. The van der Waals surface area contributed by atoms with Gasteiger partial charge in [0.1, 0.15) is 5.69 Å². The summed E-state index contributed by atoms with van der Waals surface area (Å²) in [5, 5.41) is 0. The van der Waals surface area contributed by atoms with E-state index in [0.717, 1.165) is 5.69 Å². The molecule has 0 bridgehead atoms. The Hall–Kier alpha value is -2.76. The van der Waals surface area contributed by atoms with Crippen LogP contribution in [0, 0.1) is 6.92 Å². The summed E-state index contributed by atoms with van der Waals surface area (Å²) in [6.07, 6.45) is 3.10. The van der Waals surface area contributed by atoms with E-state index in [0.29, 0.717) is 43.4 Å². The number of hydrogen-bond donors (Lipinski definition) is 0. The van der Waals surface area contributed by atoms with Crippen LogP contribution >= 0.6 is 0 Å². The van der Waals surface area contributed by atoms with Crippen LogP contribution in [0.2, 0.25) is 0 Å². The van der Waals surface area contributed by atoms with Crippen molar-refractivity contribution in [3.63, 3.8) is 0 Å². The largest absolute Gasteiger partial charge is 0.335 e. The number of aryl methyl sites for hydroxylation is 1. The van der Waals surface area contributed by atoms with Gasteiger partial charge in [0.25, 0.3) is 11.8 Å². The number of nitrogens with zero attached hydrogens (tertiary/aromatic N) is 4. The number of amides is 2. The predicted octanol–water partition coefficient (Wildman–Crippen LogP) is 2.51. The molecule has 26 heavy (non-hydrogen) atoms. The molecule has 2 heterocycles. The molecule has 6 nitrogen and oxygen atoms in total. The minimum Gasteiger partial charge on any atom is -0.335 e. The van der Waals surface area contributed by atoms with Gasteiger partial charge in [0.2, 0.25) is 0 Å². The van der Waals surface area contributed by atoms with Crippen LogP contribution in [0.25, 0.3) is 0 Å². The predicted molar refractivity (Wildman–Crippen MR) is 99.1 cm³/mol. The third-order valence-corrected chi connectivity index (χ3v) is 4.68. The molecule has 136 valence electrons. The first-order chi connectivity index (χ1) is 12.5. The molecule has 1 aromatic carbocycles. The van der Waals surface area contributed by atoms with Crippen molar-refractivity contribution < 1.29 is 9.59 Å². The lowest BCUT2D eigenvalue weighted by Gasteiger charge is -2.34. The average Bonchev–Trinajstić information content (AvgIpc) is 2.67. The Balaban J connectivity index is 1.60. The lowest BCUT2D eigenvalue weighted by Crippen LogP contribution is -2.50. The first-order valence-corrected chi connectivity index (χ1v) is 8.93. The van der Waals surface area contributed by atoms with Gasteiger partial charge in [0.05, 0.1) is 11.9 Å². The van der Waals surface area contributed by atoms with Crippen molar-refractivity contribution in [1.29, 1.82) is 0 Å². The fourth-order valence-electron chi connectivity index (χ4n) is 2.97. The molecule has 1 aromatic heterocycles. The zero-order chi connectivity index (χ0) is 18.7. The van der Waals surface area contributed by atoms with Gasteiger partial charge in [0.15, 0.2) is 0 Å². The molecule has 0 atom stereocenters. The lowest BCUT2D eigenvalue weighted by atomic mass is 10.0. The standard InChI is InChI=1S/C20H24N4O2/c1-14(2)16-4-6-17(7-5-16)19(25)23-8-10-24(11-9-23)20(26)18-13-21-15(3)12-22-18/h4-7,12-14H,8-11H2,1-3H3. The van der Waals surface area contributed by atoms with Crippen molar-refractivity contribution >= 4 is 11.8 Å².